The standard InChI is InChI=1S/C18H21F3N2O6/c1-3-28-13(24)9-12(17(27)29-4-2)14(15(22)25)23-16(26)10-5-7-11(8-6-10)18(19,20)21/h5-8,12,14H,3-4,9H2,1-2H3,(H2,22,25)(H,23,26)/t12-,14+/m0/s1. The predicted molar refractivity (Wildman–Crippen MR) is 93.3 cm³/mol. The number of rotatable bonds is 9. The molecule has 0 spiro atoms. The fraction of sp³-hybridized carbons (Fsp3) is 0.444. The van der Waals surface area contributed by atoms with E-state index in [1.165, 1.54) is 13.8 Å². The Kier molecular flexibility index (Phi) is 8.61. The third kappa shape index (κ3) is 7.09. The molecule has 0 heterocycles. The van der Waals surface area contributed by atoms with Gasteiger partial charge in [-0.15, -0.1) is 0 Å². The van der Waals surface area contributed by atoms with Gasteiger partial charge in [0.1, 0.15) is 6.04 Å². The van der Waals surface area contributed by atoms with Crippen molar-refractivity contribution in [3.8, 4) is 0 Å². The van der Waals surface area contributed by atoms with Gasteiger partial charge in [-0.3, -0.25) is 19.2 Å². The number of esters is 2. The minimum atomic E-state index is -4.58. The summed E-state index contributed by atoms with van der Waals surface area (Å²) < 4.78 is 47.5. The second kappa shape index (κ2) is 10.4. The summed E-state index contributed by atoms with van der Waals surface area (Å²) in [6.45, 7) is 3.00. The van der Waals surface area contributed by atoms with Crippen LogP contribution < -0.4 is 11.1 Å². The van der Waals surface area contributed by atoms with E-state index in [-0.39, 0.29) is 18.8 Å². The first-order chi connectivity index (χ1) is 13.5. The van der Waals surface area contributed by atoms with Crippen LogP contribution in [0.5, 0.6) is 0 Å². The highest BCUT2D eigenvalue weighted by Gasteiger charge is 2.37. The van der Waals surface area contributed by atoms with Crippen molar-refractivity contribution in [3.05, 3.63) is 35.4 Å². The van der Waals surface area contributed by atoms with Gasteiger partial charge in [0.25, 0.3) is 5.91 Å². The molecule has 3 N–H and O–H groups in total. The lowest BCUT2D eigenvalue weighted by atomic mass is 9.95. The van der Waals surface area contributed by atoms with E-state index in [4.69, 9.17) is 15.2 Å². The molecule has 0 aliphatic rings. The van der Waals surface area contributed by atoms with E-state index >= 15 is 0 Å². The summed E-state index contributed by atoms with van der Waals surface area (Å²) in [6.07, 6.45) is -5.17. The highest BCUT2D eigenvalue weighted by molar-refractivity contribution is 5.99. The van der Waals surface area contributed by atoms with Crippen LogP contribution in [0.3, 0.4) is 0 Å². The molecule has 0 bridgehead atoms. The Morgan fingerprint density at radius 1 is 1.03 bits per heavy atom. The molecule has 1 aromatic carbocycles. The van der Waals surface area contributed by atoms with Crippen molar-refractivity contribution in [1.82, 2.24) is 5.32 Å². The summed E-state index contributed by atoms with van der Waals surface area (Å²) in [5.41, 5.74) is 4.10. The minimum absolute atomic E-state index is 0.0214. The zero-order chi connectivity index (χ0) is 22.2. The number of ether oxygens (including phenoxy) is 2. The van der Waals surface area contributed by atoms with Crippen molar-refractivity contribution in [3.63, 3.8) is 0 Å². The van der Waals surface area contributed by atoms with Gasteiger partial charge in [0.2, 0.25) is 5.91 Å². The zero-order valence-corrected chi connectivity index (χ0v) is 15.7. The quantitative estimate of drug-likeness (QED) is 0.585. The Bertz CT molecular complexity index is 749. The maximum atomic E-state index is 12.6. The molecule has 160 valence electrons. The zero-order valence-electron chi connectivity index (χ0n) is 15.7. The van der Waals surface area contributed by atoms with E-state index in [9.17, 15) is 32.3 Å². The molecule has 0 aliphatic heterocycles. The molecule has 0 aliphatic carbocycles. The third-order valence-electron chi connectivity index (χ3n) is 3.75. The largest absolute Gasteiger partial charge is 0.466 e. The Morgan fingerprint density at radius 2 is 1.59 bits per heavy atom. The highest BCUT2D eigenvalue weighted by atomic mass is 19.4. The molecule has 8 nitrogen and oxygen atoms in total. The van der Waals surface area contributed by atoms with Gasteiger partial charge in [0, 0.05) is 5.56 Å². The van der Waals surface area contributed by atoms with Crippen molar-refractivity contribution in [2.24, 2.45) is 11.7 Å². The normalized spacial score (nSPS) is 13.1. The molecular weight excluding hydrogens is 397 g/mol. The summed E-state index contributed by atoms with van der Waals surface area (Å²) >= 11 is 0. The maximum Gasteiger partial charge on any atom is 0.416 e. The first-order valence-corrected chi connectivity index (χ1v) is 8.60. The van der Waals surface area contributed by atoms with Crippen molar-refractivity contribution >= 4 is 23.8 Å². The number of halogens is 3. The average molecular weight is 418 g/mol. The molecule has 29 heavy (non-hydrogen) atoms. The van der Waals surface area contributed by atoms with E-state index < -0.39 is 53.9 Å². The topological polar surface area (TPSA) is 125 Å². The molecule has 0 fully saturated rings. The van der Waals surface area contributed by atoms with Crippen molar-refractivity contribution in [1.29, 1.82) is 0 Å². The Labute approximate surface area is 164 Å². The van der Waals surface area contributed by atoms with Crippen LogP contribution >= 0.6 is 0 Å². The first-order valence-electron chi connectivity index (χ1n) is 8.60. The van der Waals surface area contributed by atoms with Crippen LogP contribution in [0.1, 0.15) is 36.2 Å². The van der Waals surface area contributed by atoms with Crippen molar-refractivity contribution in [2.75, 3.05) is 13.2 Å². The Hall–Kier alpha value is -3.11. The molecule has 1 rings (SSSR count). The molecule has 11 heteroatoms. The lowest BCUT2D eigenvalue weighted by Crippen LogP contribution is -2.52. The second-order valence-corrected chi connectivity index (χ2v) is 5.80. The van der Waals surface area contributed by atoms with Gasteiger partial charge < -0.3 is 20.5 Å². The van der Waals surface area contributed by atoms with Crippen LogP contribution in [0.15, 0.2) is 24.3 Å². The number of alkyl halides is 3. The highest BCUT2D eigenvalue weighted by Crippen LogP contribution is 2.29. The van der Waals surface area contributed by atoms with Crippen molar-refractivity contribution < 1.29 is 41.8 Å². The number of nitrogens with two attached hydrogens (primary N) is 1. The van der Waals surface area contributed by atoms with Gasteiger partial charge in [-0.25, -0.2) is 0 Å². The number of hydrogen-bond donors (Lipinski definition) is 2. The summed E-state index contributed by atoms with van der Waals surface area (Å²) in [6, 6.07) is 1.54. The minimum Gasteiger partial charge on any atom is -0.466 e. The van der Waals surface area contributed by atoms with E-state index in [0.29, 0.717) is 12.1 Å². The van der Waals surface area contributed by atoms with E-state index in [1.807, 2.05) is 0 Å². The molecule has 0 saturated carbocycles. The third-order valence-corrected chi connectivity index (χ3v) is 3.75. The van der Waals surface area contributed by atoms with Crippen LogP contribution in [-0.4, -0.2) is 43.0 Å². The number of primary amides is 1. The van der Waals surface area contributed by atoms with Gasteiger partial charge >= 0.3 is 18.1 Å². The second-order valence-electron chi connectivity index (χ2n) is 5.80. The predicted octanol–water partition coefficient (Wildman–Crippen LogP) is 1.42. The molecule has 0 aromatic heterocycles. The fourth-order valence-corrected chi connectivity index (χ4v) is 2.39. The van der Waals surface area contributed by atoms with Crippen LogP contribution in [0, 0.1) is 5.92 Å². The number of carbonyl (C=O) groups is 4. The van der Waals surface area contributed by atoms with Gasteiger partial charge in [-0.2, -0.15) is 13.2 Å². The summed E-state index contributed by atoms with van der Waals surface area (Å²) in [4.78, 5) is 48.2. The molecule has 0 saturated heterocycles. The molecule has 2 amide bonds. The van der Waals surface area contributed by atoms with E-state index in [1.54, 1.807) is 0 Å². The number of carbonyl (C=O) groups excluding carboxylic acids is 4. The monoisotopic (exact) mass is 418 g/mol. The van der Waals surface area contributed by atoms with Crippen molar-refractivity contribution in [2.45, 2.75) is 32.5 Å². The van der Waals surface area contributed by atoms with Gasteiger partial charge in [-0.1, -0.05) is 0 Å². The SMILES string of the molecule is CCOC(=O)C[C@H](C(=O)OCC)[C@@H](NC(=O)c1ccc(C(F)(F)F)cc1)C(N)=O. The molecular formula is C18H21F3N2O6. The van der Waals surface area contributed by atoms with Gasteiger partial charge in [0.15, 0.2) is 0 Å². The number of hydrogen-bond acceptors (Lipinski definition) is 6. The van der Waals surface area contributed by atoms with Crippen LogP contribution in [0.2, 0.25) is 0 Å². The number of nitrogens with one attached hydrogen (secondary N) is 1. The fourth-order valence-electron chi connectivity index (χ4n) is 2.39. The van der Waals surface area contributed by atoms with Crippen LogP contribution in [0.25, 0.3) is 0 Å². The van der Waals surface area contributed by atoms with E-state index in [2.05, 4.69) is 5.32 Å². The molecule has 2 atom stereocenters. The maximum absolute atomic E-state index is 12.6. The average Bonchev–Trinajstić information content (AvgIpc) is 2.64. The summed E-state index contributed by atoms with van der Waals surface area (Å²) in [5, 5.41) is 2.17. The van der Waals surface area contributed by atoms with Gasteiger partial charge in [-0.05, 0) is 38.1 Å². The first kappa shape index (κ1) is 23.9. The Morgan fingerprint density at radius 3 is 2.03 bits per heavy atom. The lowest BCUT2D eigenvalue weighted by Gasteiger charge is -2.23. The Balaban J connectivity index is 3.08. The van der Waals surface area contributed by atoms with Gasteiger partial charge in [0.05, 0.1) is 31.1 Å². The van der Waals surface area contributed by atoms with E-state index in [0.717, 1.165) is 12.1 Å². The number of benzene rings is 1. The van der Waals surface area contributed by atoms with Crippen LogP contribution in [-0.2, 0) is 30.0 Å². The van der Waals surface area contributed by atoms with Crippen LogP contribution in [0.4, 0.5) is 13.2 Å². The molecule has 0 unspecified atom stereocenters. The summed E-state index contributed by atoms with van der Waals surface area (Å²) in [7, 11) is 0. The molecule has 0 radical (unpaired) electrons. The molecule has 1 aromatic rings. The lowest BCUT2D eigenvalue weighted by molar-refractivity contribution is -0.156. The summed E-state index contributed by atoms with van der Waals surface area (Å²) in [5.74, 6) is -5.34. The number of amides is 2. The smallest absolute Gasteiger partial charge is 0.416 e.